The Morgan fingerprint density at radius 1 is 0.895 bits per heavy atom. The summed E-state index contributed by atoms with van der Waals surface area (Å²) in [4.78, 5) is 3.95. The van der Waals surface area contributed by atoms with Gasteiger partial charge in [0.25, 0.3) is 0 Å². The van der Waals surface area contributed by atoms with E-state index in [4.69, 9.17) is 5.26 Å². The van der Waals surface area contributed by atoms with Gasteiger partial charge < -0.3 is 5.32 Å². The Balaban J connectivity index is 1.94. The molecule has 3 rings (SSSR count). The van der Waals surface area contributed by atoms with Crippen LogP contribution in [0.1, 0.15) is 5.69 Å². The molecule has 0 saturated carbocycles. The molecule has 0 aliphatic rings. The number of anilines is 2. The number of fused-ring (bicyclic) bond motifs is 1. The lowest BCUT2D eigenvalue weighted by atomic mass is 10.1. The van der Waals surface area contributed by atoms with Gasteiger partial charge in [0.05, 0.1) is 0 Å². The van der Waals surface area contributed by atoms with E-state index < -0.39 is 0 Å². The lowest BCUT2D eigenvalue weighted by Crippen LogP contribution is -1.92. The highest BCUT2D eigenvalue weighted by molar-refractivity contribution is 5.86. The molecular weight excluding hydrogens is 234 g/mol. The molecule has 0 unspecified atom stereocenters. The van der Waals surface area contributed by atoms with Crippen LogP contribution in [0.5, 0.6) is 0 Å². The van der Waals surface area contributed by atoms with E-state index in [0.29, 0.717) is 5.69 Å². The van der Waals surface area contributed by atoms with E-state index >= 15 is 0 Å². The number of aromatic nitrogens is 1. The maximum absolute atomic E-state index is 8.83. The van der Waals surface area contributed by atoms with Crippen LogP contribution in [0.25, 0.3) is 10.8 Å². The van der Waals surface area contributed by atoms with Crippen molar-refractivity contribution in [1.29, 1.82) is 5.26 Å². The Morgan fingerprint density at radius 3 is 2.53 bits per heavy atom. The lowest BCUT2D eigenvalue weighted by Gasteiger charge is -2.07. The summed E-state index contributed by atoms with van der Waals surface area (Å²) in [6.45, 7) is 0. The molecule has 0 amide bonds. The van der Waals surface area contributed by atoms with Gasteiger partial charge in [0.2, 0.25) is 0 Å². The molecule has 90 valence electrons. The van der Waals surface area contributed by atoms with E-state index in [2.05, 4.69) is 34.6 Å². The number of benzene rings is 2. The number of nitrogens with one attached hydrogen (secondary N) is 1. The van der Waals surface area contributed by atoms with Gasteiger partial charge in [-0.2, -0.15) is 5.26 Å². The number of pyridine rings is 1. The van der Waals surface area contributed by atoms with E-state index in [9.17, 15) is 0 Å². The van der Waals surface area contributed by atoms with E-state index in [1.165, 1.54) is 10.8 Å². The fourth-order valence-electron chi connectivity index (χ4n) is 2.00. The Bertz CT molecular complexity index is 772. The van der Waals surface area contributed by atoms with Gasteiger partial charge in [0.15, 0.2) is 0 Å². The first kappa shape index (κ1) is 11.2. The molecule has 3 heteroatoms. The highest BCUT2D eigenvalue weighted by Crippen LogP contribution is 2.22. The van der Waals surface area contributed by atoms with Gasteiger partial charge in [-0.05, 0) is 35.0 Å². The van der Waals surface area contributed by atoms with Crippen molar-refractivity contribution in [3.63, 3.8) is 0 Å². The Morgan fingerprint density at radius 2 is 1.68 bits per heavy atom. The zero-order valence-electron chi connectivity index (χ0n) is 10.2. The second-order valence-corrected chi connectivity index (χ2v) is 4.23. The highest BCUT2D eigenvalue weighted by atomic mass is 14.9. The quantitative estimate of drug-likeness (QED) is 0.746. The van der Waals surface area contributed by atoms with Gasteiger partial charge in [-0.1, -0.05) is 30.3 Å². The smallest absolute Gasteiger partial charge is 0.142 e. The van der Waals surface area contributed by atoms with Crippen molar-refractivity contribution in [1.82, 2.24) is 4.98 Å². The fraction of sp³-hybridized carbons (Fsp3) is 0. The molecule has 1 heterocycles. The van der Waals surface area contributed by atoms with Crippen LogP contribution in [0.3, 0.4) is 0 Å². The minimum atomic E-state index is 0.408. The average molecular weight is 245 g/mol. The SMILES string of the molecule is N#Cc1cc(Nc2ccc3ccccc3c2)ccn1. The van der Waals surface area contributed by atoms with Crippen LogP contribution in [0.15, 0.2) is 60.8 Å². The predicted octanol–water partition coefficient (Wildman–Crippen LogP) is 3.85. The monoisotopic (exact) mass is 245 g/mol. The minimum Gasteiger partial charge on any atom is -0.355 e. The van der Waals surface area contributed by atoms with Gasteiger partial charge in [0.1, 0.15) is 11.8 Å². The molecule has 0 radical (unpaired) electrons. The number of hydrogen-bond donors (Lipinski definition) is 1. The van der Waals surface area contributed by atoms with Crippen molar-refractivity contribution >= 4 is 22.1 Å². The Hall–Kier alpha value is -2.86. The third-order valence-corrected chi connectivity index (χ3v) is 2.91. The third kappa shape index (κ3) is 2.38. The zero-order chi connectivity index (χ0) is 13.1. The summed E-state index contributed by atoms with van der Waals surface area (Å²) in [7, 11) is 0. The first-order valence-electron chi connectivity index (χ1n) is 5.97. The van der Waals surface area contributed by atoms with Crippen LogP contribution in [0.4, 0.5) is 11.4 Å². The summed E-state index contributed by atoms with van der Waals surface area (Å²) in [5.74, 6) is 0. The highest BCUT2D eigenvalue weighted by Gasteiger charge is 1.99. The van der Waals surface area contributed by atoms with Gasteiger partial charge in [-0.3, -0.25) is 0 Å². The number of nitrogens with zero attached hydrogens (tertiary/aromatic N) is 2. The summed E-state index contributed by atoms with van der Waals surface area (Å²) in [5.41, 5.74) is 2.27. The second-order valence-electron chi connectivity index (χ2n) is 4.23. The number of rotatable bonds is 2. The molecule has 3 nitrogen and oxygen atoms in total. The molecule has 1 N–H and O–H groups in total. The normalized spacial score (nSPS) is 10.1. The minimum absolute atomic E-state index is 0.408. The van der Waals surface area contributed by atoms with Crippen molar-refractivity contribution in [3.05, 3.63) is 66.5 Å². The van der Waals surface area contributed by atoms with Crippen molar-refractivity contribution in [2.75, 3.05) is 5.32 Å². The van der Waals surface area contributed by atoms with Gasteiger partial charge >= 0.3 is 0 Å². The van der Waals surface area contributed by atoms with Crippen LogP contribution in [-0.4, -0.2) is 4.98 Å². The standard InChI is InChI=1S/C16H11N3/c17-11-16-10-15(7-8-18-16)19-14-6-5-12-3-1-2-4-13(12)9-14/h1-10H,(H,18,19). The van der Waals surface area contributed by atoms with Crippen LogP contribution < -0.4 is 5.32 Å². The van der Waals surface area contributed by atoms with Crippen LogP contribution >= 0.6 is 0 Å². The first-order chi connectivity index (χ1) is 9.35. The fourth-order valence-corrected chi connectivity index (χ4v) is 2.00. The van der Waals surface area contributed by atoms with Crippen molar-refractivity contribution in [3.8, 4) is 6.07 Å². The van der Waals surface area contributed by atoms with E-state index in [1.807, 2.05) is 30.3 Å². The Labute approximate surface area is 111 Å². The average Bonchev–Trinajstić information content (AvgIpc) is 2.47. The largest absolute Gasteiger partial charge is 0.355 e. The summed E-state index contributed by atoms with van der Waals surface area (Å²) in [6, 6.07) is 20.0. The van der Waals surface area contributed by atoms with Crippen molar-refractivity contribution in [2.24, 2.45) is 0 Å². The van der Waals surface area contributed by atoms with Crippen molar-refractivity contribution in [2.45, 2.75) is 0 Å². The van der Waals surface area contributed by atoms with Crippen LogP contribution in [-0.2, 0) is 0 Å². The molecule has 2 aromatic carbocycles. The molecule has 0 fully saturated rings. The van der Waals surface area contributed by atoms with Gasteiger partial charge in [-0.25, -0.2) is 4.98 Å². The molecule has 1 aromatic heterocycles. The molecular formula is C16H11N3. The van der Waals surface area contributed by atoms with Crippen LogP contribution in [0, 0.1) is 11.3 Å². The summed E-state index contributed by atoms with van der Waals surface area (Å²) in [6.07, 6.45) is 1.63. The Kier molecular flexibility index (Phi) is 2.83. The summed E-state index contributed by atoms with van der Waals surface area (Å²) in [5, 5.41) is 14.5. The molecule has 0 saturated heterocycles. The van der Waals surface area contributed by atoms with E-state index in [0.717, 1.165) is 11.4 Å². The summed E-state index contributed by atoms with van der Waals surface area (Å²) >= 11 is 0. The second kappa shape index (κ2) is 4.79. The lowest BCUT2D eigenvalue weighted by molar-refractivity contribution is 1.26. The molecule has 0 bridgehead atoms. The van der Waals surface area contributed by atoms with E-state index in [1.54, 1.807) is 12.3 Å². The molecule has 0 aliphatic carbocycles. The maximum Gasteiger partial charge on any atom is 0.142 e. The van der Waals surface area contributed by atoms with Gasteiger partial charge in [0, 0.05) is 17.6 Å². The third-order valence-electron chi connectivity index (χ3n) is 2.91. The van der Waals surface area contributed by atoms with Crippen molar-refractivity contribution < 1.29 is 0 Å². The molecule has 0 spiro atoms. The first-order valence-corrected chi connectivity index (χ1v) is 5.97. The zero-order valence-corrected chi connectivity index (χ0v) is 10.2. The molecule has 0 atom stereocenters. The van der Waals surface area contributed by atoms with Gasteiger partial charge in [-0.15, -0.1) is 0 Å². The summed E-state index contributed by atoms with van der Waals surface area (Å²) < 4.78 is 0. The number of nitriles is 1. The van der Waals surface area contributed by atoms with E-state index in [-0.39, 0.29) is 0 Å². The topological polar surface area (TPSA) is 48.7 Å². The molecule has 3 aromatic rings. The maximum atomic E-state index is 8.83. The number of hydrogen-bond acceptors (Lipinski definition) is 3. The molecule has 0 aliphatic heterocycles. The van der Waals surface area contributed by atoms with Crippen LogP contribution in [0.2, 0.25) is 0 Å². The molecule has 19 heavy (non-hydrogen) atoms. The predicted molar refractivity (Wildman–Crippen MR) is 76.2 cm³/mol.